The molecular weight excluding hydrogens is 463 g/mol. The number of nitriles is 1. The summed E-state index contributed by atoms with van der Waals surface area (Å²) in [7, 11) is -5.60. The van der Waals surface area contributed by atoms with Crippen LogP contribution in [0.1, 0.15) is 11.1 Å². The van der Waals surface area contributed by atoms with Gasteiger partial charge in [-0.15, -0.1) is 13.2 Å². The van der Waals surface area contributed by atoms with E-state index >= 15 is 0 Å². The van der Waals surface area contributed by atoms with E-state index in [1.54, 1.807) is 0 Å². The first-order valence-electron chi connectivity index (χ1n) is 6.58. The zero-order valence-corrected chi connectivity index (χ0v) is 15.2. The minimum Gasteiger partial charge on any atom is -0.384 e. The zero-order valence-electron chi connectivity index (χ0n) is 12.9. The Morgan fingerprint density at radius 1 is 1.11 bits per heavy atom. The SMILES string of the molecule is N#Cc1cn(-c2c(Cl)cc(C(F)(F)F)cc2Cl)c(N)c1S(=O)(=O)OC(F)(F)F. The predicted octanol–water partition coefficient (Wildman–Crippen LogP) is 4.48. The predicted molar refractivity (Wildman–Crippen MR) is 84.2 cm³/mol. The highest BCUT2D eigenvalue weighted by Gasteiger charge is 2.41. The normalized spacial score (nSPS) is 12.8. The molecule has 15 heteroatoms. The van der Waals surface area contributed by atoms with Gasteiger partial charge in [0.25, 0.3) is 0 Å². The molecule has 0 atom stereocenters. The number of rotatable bonds is 3. The van der Waals surface area contributed by atoms with Crippen LogP contribution in [0.15, 0.2) is 23.2 Å². The molecule has 0 bridgehead atoms. The van der Waals surface area contributed by atoms with Crippen LogP contribution in [0.3, 0.4) is 0 Å². The molecule has 28 heavy (non-hydrogen) atoms. The average Bonchev–Trinajstić information content (AvgIpc) is 2.80. The monoisotopic (exact) mass is 467 g/mol. The molecule has 1 aromatic heterocycles. The van der Waals surface area contributed by atoms with Gasteiger partial charge in [-0.1, -0.05) is 23.2 Å². The summed E-state index contributed by atoms with van der Waals surface area (Å²) in [6, 6.07) is 2.18. The van der Waals surface area contributed by atoms with Crippen LogP contribution < -0.4 is 5.73 Å². The van der Waals surface area contributed by atoms with Crippen LogP contribution in [-0.2, 0) is 20.5 Å². The molecule has 1 aromatic carbocycles. The topological polar surface area (TPSA) is 98.1 Å². The summed E-state index contributed by atoms with van der Waals surface area (Å²) >= 11 is 11.5. The molecule has 6 nitrogen and oxygen atoms in total. The summed E-state index contributed by atoms with van der Waals surface area (Å²) in [6.07, 6.45) is -9.80. The molecule has 0 saturated carbocycles. The fourth-order valence-electron chi connectivity index (χ4n) is 2.16. The van der Waals surface area contributed by atoms with Crippen LogP contribution in [0.4, 0.5) is 32.2 Å². The second-order valence-corrected chi connectivity index (χ2v) is 7.31. The van der Waals surface area contributed by atoms with Crippen LogP contribution in [0.2, 0.25) is 10.0 Å². The van der Waals surface area contributed by atoms with Gasteiger partial charge in [-0.3, -0.25) is 4.57 Å². The Morgan fingerprint density at radius 2 is 1.61 bits per heavy atom. The van der Waals surface area contributed by atoms with Crippen molar-refractivity contribution in [3.05, 3.63) is 39.5 Å². The van der Waals surface area contributed by atoms with Crippen LogP contribution in [0.5, 0.6) is 0 Å². The summed E-state index contributed by atoms with van der Waals surface area (Å²) in [5, 5.41) is 7.70. The molecule has 0 aliphatic rings. The van der Waals surface area contributed by atoms with Gasteiger partial charge in [0.1, 0.15) is 11.9 Å². The number of hydrogen-bond donors (Lipinski definition) is 1. The largest absolute Gasteiger partial charge is 0.537 e. The highest BCUT2D eigenvalue weighted by atomic mass is 35.5. The molecule has 2 N–H and O–H groups in total. The second-order valence-electron chi connectivity index (χ2n) is 5.01. The average molecular weight is 468 g/mol. The van der Waals surface area contributed by atoms with E-state index in [0.29, 0.717) is 22.9 Å². The lowest BCUT2D eigenvalue weighted by Gasteiger charge is -2.14. The molecule has 0 spiro atoms. The molecule has 152 valence electrons. The quantitative estimate of drug-likeness (QED) is 0.529. The minimum absolute atomic E-state index is 0.439. The number of nitrogen functional groups attached to an aromatic ring is 1. The number of halogens is 8. The van der Waals surface area contributed by atoms with E-state index in [2.05, 4.69) is 4.18 Å². The van der Waals surface area contributed by atoms with Crippen LogP contribution in [0, 0.1) is 11.3 Å². The second kappa shape index (κ2) is 7.03. The first kappa shape index (κ1) is 22.2. The molecule has 2 aromatic rings. The van der Waals surface area contributed by atoms with Gasteiger partial charge in [-0.2, -0.15) is 31.0 Å². The molecule has 0 saturated heterocycles. The fraction of sp³-hybridized carbons (Fsp3) is 0.154. The Hall–Kier alpha value is -2.14. The maximum Gasteiger partial charge on any atom is 0.537 e. The van der Waals surface area contributed by atoms with Crippen LogP contribution in [0.25, 0.3) is 5.69 Å². The van der Waals surface area contributed by atoms with Crippen molar-refractivity contribution >= 4 is 39.1 Å². The summed E-state index contributed by atoms with van der Waals surface area (Å²) in [6.45, 7) is 0. The van der Waals surface area contributed by atoms with Gasteiger partial charge in [0.2, 0.25) is 0 Å². The molecule has 0 unspecified atom stereocenters. The Morgan fingerprint density at radius 3 is 2.00 bits per heavy atom. The lowest BCUT2D eigenvalue weighted by Crippen LogP contribution is -2.21. The zero-order chi connectivity index (χ0) is 21.7. The summed E-state index contributed by atoms with van der Waals surface area (Å²) in [4.78, 5) is -1.35. The maximum absolute atomic E-state index is 12.8. The number of anilines is 1. The molecule has 0 aliphatic carbocycles. The van der Waals surface area contributed by atoms with Crippen molar-refractivity contribution in [2.75, 3.05) is 5.73 Å². The van der Waals surface area contributed by atoms with Crippen molar-refractivity contribution in [1.82, 2.24) is 4.57 Å². The van der Waals surface area contributed by atoms with Gasteiger partial charge < -0.3 is 5.73 Å². The minimum atomic E-state index is -5.62. The van der Waals surface area contributed by atoms with E-state index in [-0.39, 0.29) is 0 Å². The maximum atomic E-state index is 12.8. The summed E-state index contributed by atoms with van der Waals surface area (Å²) in [5.41, 5.74) is 2.91. The van der Waals surface area contributed by atoms with E-state index in [0.717, 1.165) is 0 Å². The highest BCUT2D eigenvalue weighted by Crippen LogP contribution is 2.40. The van der Waals surface area contributed by atoms with Crippen molar-refractivity contribution in [2.45, 2.75) is 17.4 Å². The van der Waals surface area contributed by atoms with Crippen LogP contribution >= 0.6 is 23.2 Å². The standard InChI is InChI=1S/C13H5Cl2F6N3O3S/c14-7-1-6(12(16,17)18)2-8(15)9(7)24-4-5(3-22)10(11(24)23)28(25,26)27-13(19,20)21/h1-2,4H,23H2. The van der Waals surface area contributed by atoms with Gasteiger partial charge in [-0.05, 0) is 12.1 Å². The van der Waals surface area contributed by atoms with Gasteiger partial charge >= 0.3 is 22.7 Å². The van der Waals surface area contributed by atoms with E-state index < -0.39 is 60.2 Å². The number of benzene rings is 1. The molecule has 2 rings (SSSR count). The molecule has 0 radical (unpaired) electrons. The Bertz CT molecular complexity index is 1060. The lowest BCUT2D eigenvalue weighted by molar-refractivity contribution is -0.271. The Balaban J connectivity index is 2.75. The number of nitrogens with two attached hydrogens (primary N) is 1. The van der Waals surface area contributed by atoms with E-state index in [9.17, 15) is 34.8 Å². The lowest BCUT2D eigenvalue weighted by atomic mass is 10.2. The molecule has 0 aliphatic heterocycles. The summed E-state index contributed by atoms with van der Waals surface area (Å²) in [5.74, 6) is -0.982. The van der Waals surface area contributed by atoms with Gasteiger partial charge in [-0.25, -0.2) is 0 Å². The molecule has 0 amide bonds. The Labute approximate surface area is 162 Å². The number of alkyl halides is 6. The van der Waals surface area contributed by atoms with Crippen molar-refractivity contribution in [3.63, 3.8) is 0 Å². The van der Waals surface area contributed by atoms with Crippen molar-refractivity contribution in [3.8, 4) is 11.8 Å². The van der Waals surface area contributed by atoms with Gasteiger partial charge in [0.15, 0.2) is 4.90 Å². The fourth-order valence-corrected chi connectivity index (χ4v) is 3.88. The molecule has 1 heterocycles. The number of nitrogens with zero attached hydrogens (tertiary/aromatic N) is 2. The first-order valence-corrected chi connectivity index (χ1v) is 8.75. The van der Waals surface area contributed by atoms with E-state index in [4.69, 9.17) is 34.2 Å². The third kappa shape index (κ3) is 4.30. The third-order valence-electron chi connectivity index (χ3n) is 3.15. The molecule has 0 fully saturated rings. The van der Waals surface area contributed by atoms with Crippen molar-refractivity contribution in [2.24, 2.45) is 0 Å². The Kier molecular flexibility index (Phi) is 5.56. The van der Waals surface area contributed by atoms with Gasteiger partial charge in [0, 0.05) is 6.20 Å². The summed E-state index contributed by atoms with van der Waals surface area (Å²) < 4.78 is 103. The highest BCUT2D eigenvalue weighted by molar-refractivity contribution is 7.87. The van der Waals surface area contributed by atoms with Crippen molar-refractivity contribution < 1.29 is 38.9 Å². The smallest absolute Gasteiger partial charge is 0.384 e. The van der Waals surface area contributed by atoms with E-state index in [1.807, 2.05) is 0 Å². The number of hydrogen-bond acceptors (Lipinski definition) is 5. The van der Waals surface area contributed by atoms with E-state index in [1.165, 1.54) is 6.07 Å². The number of aromatic nitrogens is 1. The molecular formula is C13H5Cl2F6N3O3S. The first-order chi connectivity index (χ1) is 12.6. The third-order valence-corrected chi connectivity index (χ3v) is 5.07. The van der Waals surface area contributed by atoms with Crippen LogP contribution in [-0.4, -0.2) is 19.3 Å². The van der Waals surface area contributed by atoms with Crippen molar-refractivity contribution in [1.29, 1.82) is 5.26 Å². The van der Waals surface area contributed by atoms with Gasteiger partial charge in [0.05, 0.1) is 26.9 Å².